The number of carbonyl (C=O) groups is 2. The third kappa shape index (κ3) is 3.42. The Bertz CT molecular complexity index is 433. The standard InChI is InChI=1S/C11H18O.C10H16O/c1-9-5-8-11(10(9)12)6-3-2-4-7-11;11-9-5-4-8-10(9)6-2-1-3-7-10/h9H,2-8H2,1H3;1-8H2. The Morgan fingerprint density at radius 1 is 0.696 bits per heavy atom. The van der Waals surface area contributed by atoms with Crippen LogP contribution in [0.2, 0.25) is 0 Å². The first-order valence-corrected chi connectivity index (χ1v) is 10.2. The molecule has 0 aromatic carbocycles. The summed E-state index contributed by atoms with van der Waals surface area (Å²) >= 11 is 0. The molecule has 2 nitrogen and oxygen atoms in total. The van der Waals surface area contributed by atoms with Crippen molar-refractivity contribution in [3.63, 3.8) is 0 Å². The van der Waals surface area contributed by atoms with Gasteiger partial charge in [0.15, 0.2) is 0 Å². The Morgan fingerprint density at radius 3 is 1.65 bits per heavy atom. The van der Waals surface area contributed by atoms with Crippen LogP contribution in [0, 0.1) is 16.7 Å². The summed E-state index contributed by atoms with van der Waals surface area (Å²) in [7, 11) is 0. The average molecular weight is 319 g/mol. The lowest BCUT2D eigenvalue weighted by Crippen LogP contribution is -2.30. The highest BCUT2D eigenvalue weighted by atomic mass is 16.1. The Morgan fingerprint density at radius 2 is 1.22 bits per heavy atom. The van der Waals surface area contributed by atoms with Gasteiger partial charge in [0.2, 0.25) is 0 Å². The van der Waals surface area contributed by atoms with Crippen molar-refractivity contribution in [2.45, 2.75) is 103 Å². The Hall–Kier alpha value is -0.660. The van der Waals surface area contributed by atoms with E-state index in [4.69, 9.17) is 0 Å². The van der Waals surface area contributed by atoms with Gasteiger partial charge in [-0.3, -0.25) is 9.59 Å². The average Bonchev–Trinajstić information content (AvgIpc) is 3.06. The lowest BCUT2D eigenvalue weighted by molar-refractivity contribution is -0.130. The van der Waals surface area contributed by atoms with Crippen LogP contribution in [0.3, 0.4) is 0 Å². The largest absolute Gasteiger partial charge is 0.299 e. The summed E-state index contributed by atoms with van der Waals surface area (Å²) in [5.74, 6) is 1.53. The summed E-state index contributed by atoms with van der Waals surface area (Å²) in [6, 6.07) is 0. The fourth-order valence-electron chi connectivity index (χ4n) is 5.74. The number of ketones is 2. The van der Waals surface area contributed by atoms with Gasteiger partial charge in [0, 0.05) is 23.2 Å². The Labute approximate surface area is 141 Å². The molecule has 4 rings (SSSR count). The number of hydrogen-bond acceptors (Lipinski definition) is 2. The van der Waals surface area contributed by atoms with E-state index in [1.807, 2.05) is 0 Å². The zero-order valence-corrected chi connectivity index (χ0v) is 15.0. The maximum atomic E-state index is 11.9. The van der Waals surface area contributed by atoms with Gasteiger partial charge in [0.05, 0.1) is 0 Å². The smallest absolute Gasteiger partial charge is 0.141 e. The maximum absolute atomic E-state index is 11.9. The molecule has 23 heavy (non-hydrogen) atoms. The molecule has 0 amide bonds. The van der Waals surface area contributed by atoms with Crippen molar-refractivity contribution >= 4 is 11.6 Å². The molecule has 0 N–H and O–H groups in total. The van der Waals surface area contributed by atoms with Gasteiger partial charge in [-0.05, 0) is 51.4 Å². The first kappa shape index (κ1) is 17.2. The Kier molecular flexibility index (Phi) is 5.28. The van der Waals surface area contributed by atoms with Crippen molar-refractivity contribution in [1.29, 1.82) is 0 Å². The molecule has 4 aliphatic rings. The number of Topliss-reactive ketones (excluding diaryl/α,β-unsaturated/α-hetero) is 2. The highest BCUT2D eigenvalue weighted by Gasteiger charge is 2.45. The minimum absolute atomic E-state index is 0.164. The van der Waals surface area contributed by atoms with Gasteiger partial charge in [-0.2, -0.15) is 0 Å². The number of rotatable bonds is 0. The predicted molar refractivity (Wildman–Crippen MR) is 93.3 cm³/mol. The maximum Gasteiger partial charge on any atom is 0.141 e. The van der Waals surface area contributed by atoms with E-state index >= 15 is 0 Å². The molecule has 0 bridgehead atoms. The van der Waals surface area contributed by atoms with Crippen LogP contribution < -0.4 is 0 Å². The molecule has 4 saturated carbocycles. The van der Waals surface area contributed by atoms with Crippen LogP contribution >= 0.6 is 0 Å². The molecule has 0 aromatic rings. The van der Waals surface area contributed by atoms with Crippen molar-refractivity contribution in [3.8, 4) is 0 Å². The highest BCUT2D eigenvalue weighted by molar-refractivity contribution is 5.88. The third-order valence-corrected chi connectivity index (χ3v) is 7.30. The SMILES string of the molecule is CC1CCC2(CCCCC2)C1=O.O=C1CCCC12CCCCC2. The van der Waals surface area contributed by atoms with Gasteiger partial charge < -0.3 is 0 Å². The van der Waals surface area contributed by atoms with Gasteiger partial charge in [0.1, 0.15) is 11.6 Å². The third-order valence-electron chi connectivity index (χ3n) is 7.30. The van der Waals surface area contributed by atoms with E-state index < -0.39 is 0 Å². The van der Waals surface area contributed by atoms with Gasteiger partial charge in [-0.25, -0.2) is 0 Å². The van der Waals surface area contributed by atoms with Gasteiger partial charge in [-0.1, -0.05) is 45.4 Å². The molecule has 0 radical (unpaired) electrons. The molecule has 4 fully saturated rings. The number of carbonyl (C=O) groups excluding carboxylic acids is 2. The molecule has 4 aliphatic carbocycles. The molecule has 0 aromatic heterocycles. The van der Waals surface area contributed by atoms with Crippen LogP contribution in [0.15, 0.2) is 0 Å². The normalized spacial score (nSPS) is 32.1. The first-order valence-electron chi connectivity index (χ1n) is 10.2. The van der Waals surface area contributed by atoms with E-state index in [2.05, 4.69) is 6.92 Å². The zero-order chi connectivity index (χ0) is 16.3. The summed E-state index contributed by atoms with van der Waals surface area (Å²) in [6.07, 6.45) is 18.2. The van der Waals surface area contributed by atoms with Crippen LogP contribution in [-0.4, -0.2) is 11.6 Å². The van der Waals surface area contributed by atoms with Gasteiger partial charge in [0.25, 0.3) is 0 Å². The molecule has 2 heteroatoms. The van der Waals surface area contributed by atoms with E-state index in [0.29, 0.717) is 17.5 Å². The summed E-state index contributed by atoms with van der Waals surface area (Å²) in [5, 5.41) is 0. The van der Waals surface area contributed by atoms with Crippen molar-refractivity contribution in [1.82, 2.24) is 0 Å². The lowest BCUT2D eigenvalue weighted by atomic mass is 9.72. The van der Waals surface area contributed by atoms with Crippen LogP contribution in [0.5, 0.6) is 0 Å². The molecule has 0 aliphatic heterocycles. The molecule has 1 unspecified atom stereocenters. The predicted octanol–water partition coefficient (Wildman–Crippen LogP) is 5.63. The van der Waals surface area contributed by atoms with E-state index in [1.54, 1.807) is 0 Å². The quantitative estimate of drug-likeness (QED) is 0.580. The minimum atomic E-state index is 0.164. The van der Waals surface area contributed by atoms with E-state index in [0.717, 1.165) is 12.8 Å². The van der Waals surface area contributed by atoms with Gasteiger partial charge in [-0.15, -0.1) is 0 Å². The summed E-state index contributed by atoms with van der Waals surface area (Å²) in [6.45, 7) is 2.10. The van der Waals surface area contributed by atoms with Crippen LogP contribution in [0.25, 0.3) is 0 Å². The van der Waals surface area contributed by atoms with Crippen molar-refractivity contribution in [2.24, 2.45) is 16.7 Å². The summed E-state index contributed by atoms with van der Waals surface area (Å²) in [4.78, 5) is 23.4. The molecule has 0 heterocycles. The first-order chi connectivity index (χ1) is 11.1. The summed E-state index contributed by atoms with van der Waals surface area (Å²) < 4.78 is 0. The van der Waals surface area contributed by atoms with Crippen molar-refractivity contribution in [2.75, 3.05) is 0 Å². The van der Waals surface area contributed by atoms with Crippen molar-refractivity contribution in [3.05, 3.63) is 0 Å². The highest BCUT2D eigenvalue weighted by Crippen LogP contribution is 2.48. The Balaban J connectivity index is 0.000000136. The van der Waals surface area contributed by atoms with Crippen molar-refractivity contribution < 1.29 is 9.59 Å². The topological polar surface area (TPSA) is 34.1 Å². The van der Waals surface area contributed by atoms with Crippen LogP contribution in [0.1, 0.15) is 103 Å². The number of hydrogen-bond donors (Lipinski definition) is 0. The zero-order valence-electron chi connectivity index (χ0n) is 15.0. The molecule has 1 atom stereocenters. The summed E-state index contributed by atoms with van der Waals surface area (Å²) in [5.41, 5.74) is 0.357. The fourth-order valence-corrected chi connectivity index (χ4v) is 5.74. The lowest BCUT2D eigenvalue weighted by Gasteiger charge is -2.31. The second kappa shape index (κ2) is 7.07. The molecular weight excluding hydrogens is 284 g/mol. The molecular formula is C21H34O2. The van der Waals surface area contributed by atoms with E-state index in [-0.39, 0.29) is 10.8 Å². The van der Waals surface area contributed by atoms with Crippen LogP contribution in [0.4, 0.5) is 0 Å². The second-order valence-corrected chi connectivity index (χ2v) is 8.76. The van der Waals surface area contributed by atoms with Crippen LogP contribution in [-0.2, 0) is 9.59 Å². The van der Waals surface area contributed by atoms with Gasteiger partial charge >= 0.3 is 0 Å². The fraction of sp³-hybridized carbons (Fsp3) is 0.905. The minimum Gasteiger partial charge on any atom is -0.299 e. The molecule has 0 saturated heterocycles. The monoisotopic (exact) mass is 318 g/mol. The van der Waals surface area contributed by atoms with E-state index in [9.17, 15) is 9.59 Å². The molecule has 130 valence electrons. The van der Waals surface area contributed by atoms with E-state index in [1.165, 1.54) is 83.5 Å². The molecule has 2 spiro atoms. The second-order valence-electron chi connectivity index (χ2n) is 8.76.